The van der Waals surface area contributed by atoms with Crippen molar-refractivity contribution in [1.29, 1.82) is 0 Å². The first-order valence-corrected chi connectivity index (χ1v) is 8.08. The SMILES string of the molecule is CC(c1ccc(F)c(F)c1)N(C)C(=O)c1cc(-c2cccs2)on1. The average Bonchev–Trinajstić information content (AvgIpc) is 3.26. The molecule has 0 aliphatic carbocycles. The number of hydrogen-bond acceptors (Lipinski definition) is 4. The Balaban J connectivity index is 1.80. The van der Waals surface area contributed by atoms with Gasteiger partial charge in [0.15, 0.2) is 23.1 Å². The van der Waals surface area contributed by atoms with Crippen LogP contribution in [0.2, 0.25) is 0 Å². The molecule has 0 radical (unpaired) electrons. The van der Waals surface area contributed by atoms with Crippen molar-refractivity contribution in [2.24, 2.45) is 0 Å². The standard InChI is InChI=1S/C17H14F2N2O2S/c1-10(11-5-6-12(18)13(19)8-11)21(2)17(22)14-9-15(23-20-14)16-4-3-7-24-16/h3-10H,1-2H3. The lowest BCUT2D eigenvalue weighted by Crippen LogP contribution is -2.30. The molecular weight excluding hydrogens is 334 g/mol. The first-order valence-electron chi connectivity index (χ1n) is 7.20. The van der Waals surface area contributed by atoms with Crippen molar-refractivity contribution in [3.05, 3.63) is 64.7 Å². The Bertz CT molecular complexity index is 861. The molecule has 7 heteroatoms. The Hall–Kier alpha value is -2.54. The number of amides is 1. The number of carbonyl (C=O) groups excluding carboxylic acids is 1. The highest BCUT2D eigenvalue weighted by Crippen LogP contribution is 2.27. The molecule has 0 fully saturated rings. The second-order valence-corrected chi connectivity index (χ2v) is 6.27. The van der Waals surface area contributed by atoms with Gasteiger partial charge in [-0.2, -0.15) is 0 Å². The van der Waals surface area contributed by atoms with Crippen LogP contribution in [0.15, 0.2) is 46.3 Å². The molecule has 0 spiro atoms. The molecule has 2 aromatic heterocycles. The molecule has 1 unspecified atom stereocenters. The molecule has 0 aliphatic heterocycles. The van der Waals surface area contributed by atoms with E-state index in [-0.39, 0.29) is 11.6 Å². The molecule has 0 saturated heterocycles. The summed E-state index contributed by atoms with van der Waals surface area (Å²) in [5, 5.41) is 5.71. The molecule has 124 valence electrons. The summed E-state index contributed by atoms with van der Waals surface area (Å²) in [4.78, 5) is 14.8. The van der Waals surface area contributed by atoms with Gasteiger partial charge in [0.1, 0.15) is 0 Å². The molecule has 0 N–H and O–H groups in total. The zero-order valence-corrected chi connectivity index (χ0v) is 13.8. The van der Waals surface area contributed by atoms with Crippen LogP contribution < -0.4 is 0 Å². The summed E-state index contributed by atoms with van der Waals surface area (Å²) in [6.45, 7) is 1.73. The number of carbonyl (C=O) groups is 1. The lowest BCUT2D eigenvalue weighted by atomic mass is 10.1. The van der Waals surface area contributed by atoms with Crippen LogP contribution in [0.5, 0.6) is 0 Å². The Morgan fingerprint density at radius 3 is 2.71 bits per heavy atom. The number of nitrogens with zero attached hydrogens (tertiary/aromatic N) is 2. The molecule has 0 bridgehead atoms. The van der Waals surface area contributed by atoms with E-state index >= 15 is 0 Å². The van der Waals surface area contributed by atoms with Gasteiger partial charge in [-0.05, 0) is 36.1 Å². The van der Waals surface area contributed by atoms with Crippen molar-refractivity contribution in [2.75, 3.05) is 7.05 Å². The molecule has 1 amide bonds. The fraction of sp³-hybridized carbons (Fsp3) is 0.176. The van der Waals surface area contributed by atoms with Gasteiger partial charge in [-0.3, -0.25) is 4.79 Å². The summed E-state index contributed by atoms with van der Waals surface area (Å²) < 4.78 is 31.6. The van der Waals surface area contributed by atoms with Crippen LogP contribution in [0.25, 0.3) is 10.6 Å². The first-order chi connectivity index (χ1) is 11.5. The van der Waals surface area contributed by atoms with Gasteiger partial charge in [0.25, 0.3) is 5.91 Å². The third-order valence-corrected chi connectivity index (χ3v) is 4.71. The molecule has 2 heterocycles. The maximum Gasteiger partial charge on any atom is 0.276 e. The average molecular weight is 348 g/mol. The molecule has 3 rings (SSSR count). The van der Waals surface area contributed by atoms with Crippen LogP contribution >= 0.6 is 11.3 Å². The summed E-state index contributed by atoms with van der Waals surface area (Å²) in [7, 11) is 1.58. The Morgan fingerprint density at radius 1 is 1.25 bits per heavy atom. The van der Waals surface area contributed by atoms with Crippen molar-refractivity contribution in [3.63, 3.8) is 0 Å². The van der Waals surface area contributed by atoms with Crippen LogP contribution in [0.1, 0.15) is 29.0 Å². The lowest BCUT2D eigenvalue weighted by Gasteiger charge is -2.24. The number of thiophene rings is 1. The minimum absolute atomic E-state index is 0.162. The molecule has 0 saturated carbocycles. The van der Waals surface area contributed by atoms with Gasteiger partial charge < -0.3 is 9.42 Å². The lowest BCUT2D eigenvalue weighted by molar-refractivity contribution is 0.0732. The maximum absolute atomic E-state index is 13.4. The van der Waals surface area contributed by atoms with E-state index < -0.39 is 17.7 Å². The third-order valence-electron chi connectivity index (χ3n) is 3.82. The summed E-state index contributed by atoms with van der Waals surface area (Å²) >= 11 is 1.48. The van der Waals surface area contributed by atoms with Crippen LogP contribution in [0.3, 0.4) is 0 Å². The van der Waals surface area contributed by atoms with E-state index in [9.17, 15) is 13.6 Å². The molecule has 3 aromatic rings. The van der Waals surface area contributed by atoms with Gasteiger partial charge in [-0.1, -0.05) is 17.3 Å². The number of halogens is 2. The topological polar surface area (TPSA) is 46.3 Å². The molecule has 0 aliphatic rings. The number of aromatic nitrogens is 1. The Labute approximate surface area is 141 Å². The van der Waals surface area contributed by atoms with E-state index in [0.717, 1.165) is 17.0 Å². The van der Waals surface area contributed by atoms with Crippen molar-refractivity contribution in [3.8, 4) is 10.6 Å². The monoisotopic (exact) mass is 348 g/mol. The van der Waals surface area contributed by atoms with Gasteiger partial charge in [0.05, 0.1) is 10.9 Å². The van der Waals surface area contributed by atoms with Gasteiger partial charge >= 0.3 is 0 Å². The van der Waals surface area contributed by atoms with E-state index in [4.69, 9.17) is 4.52 Å². The molecule has 24 heavy (non-hydrogen) atoms. The smallest absolute Gasteiger partial charge is 0.276 e. The third kappa shape index (κ3) is 3.07. The van der Waals surface area contributed by atoms with E-state index in [2.05, 4.69) is 5.16 Å². The fourth-order valence-electron chi connectivity index (χ4n) is 2.26. The fourth-order valence-corrected chi connectivity index (χ4v) is 2.94. The van der Waals surface area contributed by atoms with Crippen LogP contribution in [0.4, 0.5) is 8.78 Å². The second kappa shape index (κ2) is 6.52. The van der Waals surface area contributed by atoms with Gasteiger partial charge in [0, 0.05) is 13.1 Å². The highest BCUT2D eigenvalue weighted by molar-refractivity contribution is 7.13. The highest BCUT2D eigenvalue weighted by Gasteiger charge is 2.23. The zero-order chi connectivity index (χ0) is 17.3. The predicted molar refractivity (Wildman–Crippen MR) is 86.7 cm³/mol. The van der Waals surface area contributed by atoms with Crippen molar-refractivity contribution < 1.29 is 18.1 Å². The summed E-state index contributed by atoms with van der Waals surface area (Å²) in [5.41, 5.74) is 0.655. The highest BCUT2D eigenvalue weighted by atomic mass is 32.1. The van der Waals surface area contributed by atoms with Crippen molar-refractivity contribution in [1.82, 2.24) is 10.1 Å². The Kier molecular flexibility index (Phi) is 4.44. The molecule has 1 atom stereocenters. The maximum atomic E-state index is 13.4. The number of hydrogen-bond donors (Lipinski definition) is 0. The number of rotatable bonds is 4. The second-order valence-electron chi connectivity index (χ2n) is 5.32. The van der Waals surface area contributed by atoms with Crippen LogP contribution in [-0.2, 0) is 0 Å². The minimum Gasteiger partial charge on any atom is -0.355 e. The van der Waals surface area contributed by atoms with E-state index in [1.54, 1.807) is 20.0 Å². The van der Waals surface area contributed by atoms with Crippen LogP contribution in [-0.4, -0.2) is 23.0 Å². The molecular formula is C17H14F2N2O2S. The van der Waals surface area contributed by atoms with E-state index in [1.807, 2.05) is 17.5 Å². The summed E-state index contributed by atoms with van der Waals surface area (Å²) in [6, 6.07) is 8.45. The summed E-state index contributed by atoms with van der Waals surface area (Å²) in [6.07, 6.45) is 0. The number of benzene rings is 1. The van der Waals surface area contributed by atoms with Crippen LogP contribution in [0, 0.1) is 11.6 Å². The Morgan fingerprint density at radius 2 is 2.04 bits per heavy atom. The van der Waals surface area contributed by atoms with Gasteiger partial charge in [-0.25, -0.2) is 8.78 Å². The van der Waals surface area contributed by atoms with E-state index in [1.165, 1.54) is 22.3 Å². The van der Waals surface area contributed by atoms with Crippen molar-refractivity contribution in [2.45, 2.75) is 13.0 Å². The zero-order valence-electron chi connectivity index (χ0n) is 13.0. The van der Waals surface area contributed by atoms with Gasteiger partial charge in [0.2, 0.25) is 0 Å². The molecule has 1 aromatic carbocycles. The minimum atomic E-state index is -0.943. The summed E-state index contributed by atoms with van der Waals surface area (Å²) in [5.74, 6) is -1.71. The predicted octanol–water partition coefficient (Wildman–Crippen LogP) is 4.51. The quantitative estimate of drug-likeness (QED) is 0.697. The molecule has 4 nitrogen and oxygen atoms in total. The van der Waals surface area contributed by atoms with E-state index in [0.29, 0.717) is 11.3 Å². The first kappa shape index (κ1) is 16.3. The van der Waals surface area contributed by atoms with Gasteiger partial charge in [-0.15, -0.1) is 11.3 Å². The largest absolute Gasteiger partial charge is 0.355 e. The van der Waals surface area contributed by atoms with Crippen molar-refractivity contribution >= 4 is 17.2 Å². The normalized spacial score (nSPS) is 12.2.